The third-order valence-corrected chi connectivity index (χ3v) is 5.17. The van der Waals surface area contributed by atoms with Crippen molar-refractivity contribution in [2.75, 3.05) is 25.1 Å². The van der Waals surface area contributed by atoms with E-state index in [0.717, 1.165) is 10.0 Å². The number of hydrogen-bond acceptors (Lipinski definition) is 3. The molecule has 26 heavy (non-hydrogen) atoms. The average Bonchev–Trinajstić information content (AvgIpc) is 2.68. The lowest BCUT2D eigenvalue weighted by atomic mass is 9.73. The van der Waals surface area contributed by atoms with Crippen molar-refractivity contribution >= 4 is 33.4 Å². The van der Waals surface area contributed by atoms with Crippen molar-refractivity contribution < 1.29 is 14.3 Å². The minimum absolute atomic E-state index is 0.0626. The second-order valence-corrected chi connectivity index (χ2v) is 7.21. The van der Waals surface area contributed by atoms with Crippen molar-refractivity contribution in [1.82, 2.24) is 5.32 Å². The molecule has 2 aromatic carbocycles. The zero-order chi connectivity index (χ0) is 18.4. The molecule has 136 valence electrons. The van der Waals surface area contributed by atoms with Gasteiger partial charge in [-0.05, 0) is 42.7 Å². The summed E-state index contributed by atoms with van der Waals surface area (Å²) < 4.78 is 6.42. The molecule has 0 aliphatic carbocycles. The fourth-order valence-electron chi connectivity index (χ4n) is 3.19. The number of benzene rings is 2. The first-order valence-electron chi connectivity index (χ1n) is 8.57. The zero-order valence-electron chi connectivity index (χ0n) is 14.3. The van der Waals surface area contributed by atoms with Crippen LogP contribution in [0.4, 0.5) is 5.69 Å². The lowest BCUT2D eigenvalue weighted by Gasteiger charge is -2.36. The highest BCUT2D eigenvalue weighted by atomic mass is 79.9. The first-order chi connectivity index (χ1) is 12.6. The summed E-state index contributed by atoms with van der Waals surface area (Å²) in [5.41, 5.74) is 0.997. The summed E-state index contributed by atoms with van der Waals surface area (Å²) in [5.74, 6) is -0.381. The number of hydrogen-bond donors (Lipinski definition) is 2. The molecule has 0 spiro atoms. The average molecular weight is 417 g/mol. The maximum absolute atomic E-state index is 13.0. The molecule has 0 aromatic heterocycles. The molecule has 0 unspecified atom stereocenters. The van der Waals surface area contributed by atoms with E-state index in [1.807, 2.05) is 54.6 Å². The second kappa shape index (κ2) is 8.47. The summed E-state index contributed by atoms with van der Waals surface area (Å²) in [4.78, 5) is 25.1. The SMILES string of the molecule is O=C(CNC(=O)C1(c2ccc(Br)cc2)CCOCC1)Nc1ccccc1. The maximum Gasteiger partial charge on any atom is 0.243 e. The molecular weight excluding hydrogens is 396 g/mol. The van der Waals surface area contributed by atoms with Crippen molar-refractivity contribution in [3.63, 3.8) is 0 Å². The standard InChI is InChI=1S/C20H21BrN2O3/c21-16-8-6-15(7-9-16)20(10-12-26-13-11-20)19(25)22-14-18(24)23-17-4-2-1-3-5-17/h1-9H,10-14H2,(H,22,25)(H,23,24). The van der Waals surface area contributed by atoms with Crippen molar-refractivity contribution in [1.29, 1.82) is 0 Å². The minimum Gasteiger partial charge on any atom is -0.381 e. The van der Waals surface area contributed by atoms with E-state index in [0.29, 0.717) is 31.7 Å². The lowest BCUT2D eigenvalue weighted by Crippen LogP contribution is -2.49. The van der Waals surface area contributed by atoms with Crippen molar-refractivity contribution in [3.8, 4) is 0 Å². The van der Waals surface area contributed by atoms with E-state index in [1.54, 1.807) is 0 Å². The number of ether oxygens (including phenoxy) is 1. The van der Waals surface area contributed by atoms with Crippen LogP contribution in [0.1, 0.15) is 18.4 Å². The van der Waals surface area contributed by atoms with Gasteiger partial charge in [-0.1, -0.05) is 46.3 Å². The van der Waals surface area contributed by atoms with Crippen LogP contribution in [0.3, 0.4) is 0 Å². The zero-order valence-corrected chi connectivity index (χ0v) is 15.9. The van der Waals surface area contributed by atoms with Gasteiger partial charge in [-0.15, -0.1) is 0 Å². The molecule has 1 saturated heterocycles. The smallest absolute Gasteiger partial charge is 0.243 e. The second-order valence-electron chi connectivity index (χ2n) is 6.30. The fraction of sp³-hybridized carbons (Fsp3) is 0.300. The Morgan fingerprint density at radius 1 is 1.00 bits per heavy atom. The molecule has 1 aliphatic heterocycles. The number of carbonyl (C=O) groups excluding carboxylic acids is 2. The van der Waals surface area contributed by atoms with Crippen LogP contribution in [0.5, 0.6) is 0 Å². The molecule has 0 atom stereocenters. The molecule has 1 heterocycles. The summed E-state index contributed by atoms with van der Waals surface area (Å²) in [6.45, 7) is 0.992. The van der Waals surface area contributed by atoms with Gasteiger partial charge < -0.3 is 15.4 Å². The van der Waals surface area contributed by atoms with Crippen LogP contribution in [0.25, 0.3) is 0 Å². The largest absolute Gasteiger partial charge is 0.381 e. The number of para-hydroxylation sites is 1. The van der Waals surface area contributed by atoms with Gasteiger partial charge in [0, 0.05) is 23.4 Å². The Kier molecular flexibility index (Phi) is 6.06. The third-order valence-electron chi connectivity index (χ3n) is 4.64. The molecule has 0 saturated carbocycles. The van der Waals surface area contributed by atoms with Crippen LogP contribution in [-0.2, 0) is 19.7 Å². The summed E-state index contributed by atoms with van der Waals surface area (Å²) in [6.07, 6.45) is 1.20. The van der Waals surface area contributed by atoms with E-state index in [4.69, 9.17) is 4.74 Å². The minimum atomic E-state index is -0.661. The molecule has 0 bridgehead atoms. The van der Waals surface area contributed by atoms with Gasteiger partial charge in [0.1, 0.15) is 0 Å². The Hall–Kier alpha value is -2.18. The maximum atomic E-state index is 13.0. The van der Waals surface area contributed by atoms with Crippen molar-refractivity contribution in [2.24, 2.45) is 0 Å². The normalized spacial score (nSPS) is 15.9. The van der Waals surface area contributed by atoms with Crippen LogP contribution >= 0.6 is 15.9 Å². The van der Waals surface area contributed by atoms with Gasteiger partial charge in [0.05, 0.1) is 12.0 Å². The summed E-state index contributed by atoms with van der Waals surface area (Å²) in [5, 5.41) is 5.58. The fourth-order valence-corrected chi connectivity index (χ4v) is 3.46. The predicted molar refractivity (Wildman–Crippen MR) is 104 cm³/mol. The summed E-state index contributed by atoms with van der Waals surface area (Å²) in [7, 11) is 0. The van der Waals surface area contributed by atoms with Crippen molar-refractivity contribution in [2.45, 2.75) is 18.3 Å². The molecular formula is C20H21BrN2O3. The number of amides is 2. The Morgan fingerprint density at radius 2 is 1.65 bits per heavy atom. The molecule has 1 aliphatic rings. The van der Waals surface area contributed by atoms with Crippen molar-refractivity contribution in [3.05, 3.63) is 64.6 Å². The molecule has 6 heteroatoms. The number of halogens is 1. The van der Waals surface area contributed by atoms with Crippen LogP contribution in [0.15, 0.2) is 59.1 Å². The Morgan fingerprint density at radius 3 is 2.31 bits per heavy atom. The monoisotopic (exact) mass is 416 g/mol. The third kappa shape index (κ3) is 4.31. The number of anilines is 1. The highest BCUT2D eigenvalue weighted by Crippen LogP contribution is 2.35. The van der Waals surface area contributed by atoms with Gasteiger partial charge in [0.25, 0.3) is 0 Å². The topological polar surface area (TPSA) is 67.4 Å². The Bertz CT molecular complexity index is 756. The van der Waals surface area contributed by atoms with E-state index in [-0.39, 0.29) is 18.4 Å². The van der Waals surface area contributed by atoms with Gasteiger partial charge >= 0.3 is 0 Å². The highest BCUT2D eigenvalue weighted by molar-refractivity contribution is 9.10. The van der Waals surface area contributed by atoms with E-state index in [1.165, 1.54) is 0 Å². The Labute approximate surface area is 161 Å². The lowest BCUT2D eigenvalue weighted by molar-refractivity contribution is -0.132. The Balaban J connectivity index is 1.68. The predicted octanol–water partition coefficient (Wildman–Crippen LogP) is 3.25. The van der Waals surface area contributed by atoms with Gasteiger partial charge in [-0.25, -0.2) is 0 Å². The van der Waals surface area contributed by atoms with Crippen LogP contribution in [0.2, 0.25) is 0 Å². The van der Waals surface area contributed by atoms with E-state index >= 15 is 0 Å². The van der Waals surface area contributed by atoms with Gasteiger partial charge in [0.2, 0.25) is 11.8 Å². The molecule has 5 nitrogen and oxygen atoms in total. The number of carbonyl (C=O) groups is 2. The quantitative estimate of drug-likeness (QED) is 0.785. The molecule has 3 rings (SSSR count). The molecule has 0 radical (unpaired) electrons. The van der Waals surface area contributed by atoms with E-state index < -0.39 is 5.41 Å². The highest BCUT2D eigenvalue weighted by Gasteiger charge is 2.41. The number of rotatable bonds is 5. The van der Waals surface area contributed by atoms with Gasteiger partial charge in [0.15, 0.2) is 0 Å². The van der Waals surface area contributed by atoms with E-state index in [2.05, 4.69) is 26.6 Å². The van der Waals surface area contributed by atoms with Crippen LogP contribution < -0.4 is 10.6 Å². The number of nitrogens with one attached hydrogen (secondary N) is 2. The first-order valence-corrected chi connectivity index (χ1v) is 9.36. The summed E-state index contributed by atoms with van der Waals surface area (Å²) >= 11 is 3.43. The molecule has 1 fully saturated rings. The molecule has 2 amide bonds. The van der Waals surface area contributed by atoms with Crippen LogP contribution in [-0.4, -0.2) is 31.6 Å². The first kappa shape index (κ1) is 18.6. The van der Waals surface area contributed by atoms with Crippen LogP contribution in [0, 0.1) is 0 Å². The molecule has 2 N–H and O–H groups in total. The summed E-state index contributed by atoms with van der Waals surface area (Å²) in [6, 6.07) is 17.0. The van der Waals surface area contributed by atoms with E-state index in [9.17, 15) is 9.59 Å². The molecule has 2 aromatic rings. The van der Waals surface area contributed by atoms with Gasteiger partial charge in [-0.3, -0.25) is 9.59 Å². The van der Waals surface area contributed by atoms with Gasteiger partial charge in [-0.2, -0.15) is 0 Å².